The fourth-order valence-electron chi connectivity index (χ4n) is 1.94. The Hall–Kier alpha value is -2.06. The molecule has 0 bridgehead atoms. The molecule has 0 atom stereocenters. The van der Waals surface area contributed by atoms with Gasteiger partial charge >= 0.3 is 0 Å². The summed E-state index contributed by atoms with van der Waals surface area (Å²) in [5.41, 5.74) is 8.28. The maximum atomic E-state index is 11.5. The first-order valence-electron chi connectivity index (χ1n) is 6.02. The van der Waals surface area contributed by atoms with Crippen LogP contribution in [0.3, 0.4) is 0 Å². The van der Waals surface area contributed by atoms with Gasteiger partial charge in [0, 0.05) is 36.2 Å². The number of aromatic nitrogens is 2. The molecule has 0 amide bonds. The second kappa shape index (κ2) is 5.51. The Balaban J connectivity index is 2.17. The summed E-state index contributed by atoms with van der Waals surface area (Å²) in [5, 5.41) is 8.33. The van der Waals surface area contributed by atoms with Gasteiger partial charge in [0.2, 0.25) is 10.0 Å². The van der Waals surface area contributed by atoms with E-state index in [1.165, 1.54) is 6.07 Å². The van der Waals surface area contributed by atoms with Crippen LogP contribution in [0.1, 0.15) is 11.3 Å². The number of hydrogen-bond donors (Lipinski definition) is 4. The molecule has 2 rings (SSSR count). The van der Waals surface area contributed by atoms with E-state index in [1.54, 1.807) is 25.5 Å². The largest absolute Gasteiger partial charge is 0.399 e. The van der Waals surface area contributed by atoms with Gasteiger partial charge in [-0.05, 0) is 24.6 Å². The van der Waals surface area contributed by atoms with Crippen LogP contribution in [-0.2, 0) is 16.4 Å². The minimum absolute atomic E-state index is 0.0431. The number of nitrogens with one attached hydrogen (secondary N) is 2. The van der Waals surface area contributed by atoms with E-state index in [1.807, 2.05) is 0 Å². The Morgan fingerprint density at radius 3 is 2.75 bits per heavy atom. The van der Waals surface area contributed by atoms with E-state index in [0.29, 0.717) is 23.5 Å². The number of hydrogen-bond acceptors (Lipinski definition) is 5. The third-order valence-corrected chi connectivity index (χ3v) is 3.99. The minimum Gasteiger partial charge on any atom is -0.399 e. The highest BCUT2D eigenvalue weighted by Gasteiger charge is 2.15. The van der Waals surface area contributed by atoms with Crippen molar-refractivity contribution < 1.29 is 8.42 Å². The van der Waals surface area contributed by atoms with Crippen LogP contribution in [0.25, 0.3) is 0 Å². The smallest absolute Gasteiger partial charge is 0.238 e. The highest BCUT2D eigenvalue weighted by atomic mass is 32.2. The summed E-state index contributed by atoms with van der Waals surface area (Å²) in [7, 11) is -3.78. The third kappa shape index (κ3) is 3.28. The van der Waals surface area contributed by atoms with Crippen molar-refractivity contribution >= 4 is 21.4 Å². The van der Waals surface area contributed by atoms with Crippen LogP contribution >= 0.6 is 0 Å². The van der Waals surface area contributed by atoms with Crippen molar-refractivity contribution in [2.75, 3.05) is 17.6 Å². The van der Waals surface area contributed by atoms with E-state index >= 15 is 0 Å². The number of nitrogens with two attached hydrogens (primary N) is 2. The second-order valence-electron chi connectivity index (χ2n) is 4.49. The molecular formula is C12H17N5O2S. The number of H-pyrrole nitrogens is 1. The zero-order valence-corrected chi connectivity index (χ0v) is 11.9. The predicted molar refractivity (Wildman–Crippen MR) is 77.7 cm³/mol. The Bertz CT molecular complexity index is 695. The van der Waals surface area contributed by atoms with Crippen LogP contribution in [0.15, 0.2) is 29.6 Å². The van der Waals surface area contributed by atoms with Crippen molar-refractivity contribution in [1.29, 1.82) is 0 Å². The van der Waals surface area contributed by atoms with E-state index in [-0.39, 0.29) is 4.90 Å². The molecule has 8 heteroatoms. The average molecular weight is 295 g/mol. The summed E-state index contributed by atoms with van der Waals surface area (Å²) in [6, 6.07) is 3.06. The summed E-state index contributed by atoms with van der Waals surface area (Å²) in [4.78, 5) is 6.96. The number of imidazole rings is 1. The first-order chi connectivity index (χ1) is 9.38. The van der Waals surface area contributed by atoms with Gasteiger partial charge in [-0.1, -0.05) is 0 Å². The fourth-order valence-corrected chi connectivity index (χ4v) is 2.78. The number of anilines is 2. The number of nitrogens with zero attached hydrogens (tertiary/aromatic N) is 1. The van der Waals surface area contributed by atoms with Crippen LogP contribution in [-0.4, -0.2) is 24.9 Å². The molecule has 20 heavy (non-hydrogen) atoms. The van der Waals surface area contributed by atoms with Gasteiger partial charge in [-0.2, -0.15) is 0 Å². The molecule has 0 radical (unpaired) electrons. The fraction of sp³-hybridized carbons (Fsp3) is 0.250. The zero-order valence-electron chi connectivity index (χ0n) is 11.1. The lowest BCUT2D eigenvalue weighted by Crippen LogP contribution is -2.16. The van der Waals surface area contributed by atoms with E-state index < -0.39 is 10.0 Å². The zero-order chi connectivity index (χ0) is 14.8. The van der Waals surface area contributed by atoms with E-state index in [2.05, 4.69) is 15.3 Å². The van der Waals surface area contributed by atoms with Gasteiger partial charge in [0.15, 0.2) is 0 Å². The number of aromatic amines is 1. The van der Waals surface area contributed by atoms with E-state index in [9.17, 15) is 8.42 Å². The Kier molecular flexibility index (Phi) is 3.96. The lowest BCUT2D eigenvalue weighted by Gasteiger charge is -2.13. The highest BCUT2D eigenvalue weighted by Crippen LogP contribution is 2.25. The van der Waals surface area contributed by atoms with Crippen LogP contribution in [0.2, 0.25) is 0 Å². The first kappa shape index (κ1) is 14.4. The summed E-state index contributed by atoms with van der Waals surface area (Å²) >= 11 is 0. The van der Waals surface area contributed by atoms with Gasteiger partial charge in [-0.3, -0.25) is 0 Å². The van der Waals surface area contributed by atoms with Gasteiger partial charge in [0.05, 0.1) is 11.2 Å². The summed E-state index contributed by atoms with van der Waals surface area (Å²) in [5.74, 6) is 0. The molecule has 7 nitrogen and oxygen atoms in total. The summed E-state index contributed by atoms with van der Waals surface area (Å²) in [6.07, 6.45) is 4.09. The van der Waals surface area contributed by atoms with Gasteiger partial charge in [0.25, 0.3) is 0 Å². The number of primary sulfonamides is 1. The molecule has 0 spiro atoms. The first-order valence-corrected chi connectivity index (χ1v) is 7.56. The van der Waals surface area contributed by atoms with Crippen molar-refractivity contribution in [3.8, 4) is 0 Å². The molecule has 2 aromatic rings. The average Bonchev–Trinajstić information content (AvgIpc) is 2.84. The van der Waals surface area contributed by atoms with Crippen molar-refractivity contribution in [1.82, 2.24) is 9.97 Å². The van der Waals surface area contributed by atoms with Crippen LogP contribution in [0.5, 0.6) is 0 Å². The van der Waals surface area contributed by atoms with Gasteiger partial charge in [-0.25, -0.2) is 18.5 Å². The molecule has 1 heterocycles. The van der Waals surface area contributed by atoms with Crippen LogP contribution < -0.4 is 16.2 Å². The molecule has 0 saturated carbocycles. The SMILES string of the molecule is Cc1c(NCCc2cnc[nH]2)cc(N)cc1S(N)(=O)=O. The molecule has 0 unspecified atom stereocenters. The maximum Gasteiger partial charge on any atom is 0.238 e. The number of benzene rings is 1. The lowest BCUT2D eigenvalue weighted by atomic mass is 10.1. The second-order valence-corrected chi connectivity index (χ2v) is 6.02. The Labute approximate surface area is 117 Å². The molecular weight excluding hydrogens is 278 g/mol. The molecule has 1 aromatic carbocycles. The summed E-state index contributed by atoms with van der Waals surface area (Å²) < 4.78 is 23.0. The molecule has 0 aliphatic rings. The van der Waals surface area contributed by atoms with E-state index in [0.717, 1.165) is 12.1 Å². The quantitative estimate of drug-likeness (QED) is 0.601. The number of sulfonamides is 1. The number of rotatable bonds is 5. The standard InChI is InChI=1S/C12H17N5O2S/c1-8-11(16-3-2-10-6-15-7-17-10)4-9(13)5-12(8)20(14,18)19/h4-7,16H,2-3,13H2,1H3,(H,15,17)(H2,14,18,19). The molecule has 108 valence electrons. The highest BCUT2D eigenvalue weighted by molar-refractivity contribution is 7.89. The van der Waals surface area contributed by atoms with Gasteiger partial charge in [0.1, 0.15) is 0 Å². The Morgan fingerprint density at radius 2 is 2.15 bits per heavy atom. The van der Waals surface area contributed by atoms with Gasteiger partial charge < -0.3 is 16.0 Å². The van der Waals surface area contributed by atoms with Crippen molar-refractivity contribution in [2.24, 2.45) is 5.14 Å². The molecule has 1 aromatic heterocycles. The molecule has 0 saturated heterocycles. The molecule has 0 fully saturated rings. The molecule has 0 aliphatic carbocycles. The lowest BCUT2D eigenvalue weighted by molar-refractivity contribution is 0.597. The van der Waals surface area contributed by atoms with Crippen molar-refractivity contribution in [3.63, 3.8) is 0 Å². The van der Waals surface area contributed by atoms with E-state index in [4.69, 9.17) is 10.9 Å². The third-order valence-electron chi connectivity index (χ3n) is 2.95. The monoisotopic (exact) mass is 295 g/mol. The maximum absolute atomic E-state index is 11.5. The molecule has 6 N–H and O–H groups in total. The topological polar surface area (TPSA) is 127 Å². The number of nitrogen functional groups attached to an aromatic ring is 1. The van der Waals surface area contributed by atoms with Gasteiger partial charge in [-0.15, -0.1) is 0 Å². The van der Waals surface area contributed by atoms with Crippen molar-refractivity contribution in [3.05, 3.63) is 35.9 Å². The molecule has 0 aliphatic heterocycles. The van der Waals surface area contributed by atoms with Crippen molar-refractivity contribution in [2.45, 2.75) is 18.2 Å². The Morgan fingerprint density at radius 1 is 1.40 bits per heavy atom. The summed E-state index contributed by atoms with van der Waals surface area (Å²) in [6.45, 7) is 2.31. The predicted octanol–water partition coefficient (Wildman–Crippen LogP) is 0.602. The van der Waals surface area contributed by atoms with Crippen LogP contribution in [0, 0.1) is 6.92 Å². The normalized spacial score (nSPS) is 11.5. The van der Waals surface area contributed by atoms with Crippen LogP contribution in [0.4, 0.5) is 11.4 Å². The minimum atomic E-state index is -3.78.